The van der Waals surface area contributed by atoms with Crippen molar-refractivity contribution in [3.63, 3.8) is 0 Å². The first-order chi connectivity index (χ1) is 9.47. The molecule has 0 fully saturated rings. The van der Waals surface area contributed by atoms with E-state index in [0.29, 0.717) is 21.6 Å². The number of aliphatic carboxylic acids is 1. The van der Waals surface area contributed by atoms with E-state index >= 15 is 0 Å². The van der Waals surface area contributed by atoms with Crippen LogP contribution in [0.1, 0.15) is 5.76 Å². The molecule has 0 atom stereocenters. The van der Waals surface area contributed by atoms with Gasteiger partial charge < -0.3 is 9.52 Å². The van der Waals surface area contributed by atoms with Crippen molar-refractivity contribution in [3.05, 3.63) is 56.8 Å². The first-order valence-corrected chi connectivity index (χ1v) is 6.22. The molecule has 1 heterocycles. The van der Waals surface area contributed by atoms with Crippen LogP contribution in [0.4, 0.5) is 5.69 Å². The van der Waals surface area contributed by atoms with Crippen molar-refractivity contribution in [3.8, 4) is 11.3 Å². The van der Waals surface area contributed by atoms with Crippen LogP contribution >= 0.6 is 15.9 Å². The summed E-state index contributed by atoms with van der Waals surface area (Å²) in [5, 5.41) is 19.2. The maximum absolute atomic E-state index is 10.7. The highest BCUT2D eigenvalue weighted by molar-refractivity contribution is 9.10. The number of furan rings is 1. The number of rotatable bonds is 4. The lowest BCUT2D eigenvalue weighted by atomic mass is 10.1. The van der Waals surface area contributed by atoms with Crippen molar-refractivity contribution in [2.75, 3.05) is 0 Å². The van der Waals surface area contributed by atoms with Crippen molar-refractivity contribution < 1.29 is 19.2 Å². The SMILES string of the molecule is O=C(O)C=Cc1ccc(-c2ccc([N+](=O)[O-])cc2Br)o1. The molecule has 2 aromatic rings. The van der Waals surface area contributed by atoms with Gasteiger partial charge in [-0.05, 0) is 40.2 Å². The molecule has 0 aliphatic rings. The van der Waals surface area contributed by atoms with E-state index in [-0.39, 0.29) is 5.69 Å². The second-order valence-corrected chi connectivity index (χ2v) is 4.65. The predicted molar refractivity (Wildman–Crippen MR) is 75.2 cm³/mol. The molecule has 0 amide bonds. The second-order valence-electron chi connectivity index (χ2n) is 3.79. The Morgan fingerprint density at radius 3 is 2.70 bits per heavy atom. The molecule has 0 spiro atoms. The van der Waals surface area contributed by atoms with Gasteiger partial charge >= 0.3 is 5.97 Å². The fraction of sp³-hybridized carbons (Fsp3) is 0. The molecule has 1 aromatic heterocycles. The second kappa shape index (κ2) is 5.70. The van der Waals surface area contributed by atoms with Crippen LogP contribution < -0.4 is 0 Å². The molecule has 1 aromatic carbocycles. The Kier molecular flexibility index (Phi) is 3.99. The highest BCUT2D eigenvalue weighted by Gasteiger charge is 2.12. The summed E-state index contributed by atoms with van der Waals surface area (Å²) >= 11 is 3.25. The van der Waals surface area contributed by atoms with Crippen molar-refractivity contribution in [2.24, 2.45) is 0 Å². The molecule has 20 heavy (non-hydrogen) atoms. The van der Waals surface area contributed by atoms with Gasteiger partial charge in [-0.2, -0.15) is 0 Å². The van der Waals surface area contributed by atoms with Crippen LogP contribution in [0, 0.1) is 10.1 Å². The summed E-state index contributed by atoms with van der Waals surface area (Å²) in [7, 11) is 0. The Balaban J connectivity index is 2.33. The van der Waals surface area contributed by atoms with E-state index in [2.05, 4.69) is 15.9 Å². The maximum Gasteiger partial charge on any atom is 0.328 e. The smallest absolute Gasteiger partial charge is 0.328 e. The maximum atomic E-state index is 10.7. The molecule has 0 radical (unpaired) electrons. The first-order valence-electron chi connectivity index (χ1n) is 5.42. The normalized spacial score (nSPS) is 10.8. The highest BCUT2D eigenvalue weighted by Crippen LogP contribution is 2.32. The van der Waals surface area contributed by atoms with Crippen LogP contribution in [0.15, 0.2) is 45.3 Å². The number of non-ortho nitro benzene ring substituents is 1. The molecule has 0 unspecified atom stereocenters. The minimum absolute atomic E-state index is 0.0295. The average Bonchev–Trinajstić information content (AvgIpc) is 2.84. The minimum Gasteiger partial charge on any atom is -0.478 e. The van der Waals surface area contributed by atoms with Crippen molar-refractivity contribution >= 4 is 33.7 Å². The molecule has 1 N–H and O–H groups in total. The van der Waals surface area contributed by atoms with Gasteiger partial charge in [0.1, 0.15) is 11.5 Å². The Morgan fingerprint density at radius 1 is 1.35 bits per heavy atom. The van der Waals surface area contributed by atoms with Crippen LogP contribution in [0.5, 0.6) is 0 Å². The zero-order valence-electron chi connectivity index (χ0n) is 9.95. The minimum atomic E-state index is -1.07. The third-order valence-corrected chi connectivity index (χ3v) is 3.10. The summed E-state index contributed by atoms with van der Waals surface area (Å²) in [5.41, 5.74) is 0.615. The van der Waals surface area contributed by atoms with E-state index in [1.807, 2.05) is 0 Å². The van der Waals surface area contributed by atoms with E-state index in [1.165, 1.54) is 18.2 Å². The number of nitro benzene ring substituents is 1. The van der Waals surface area contributed by atoms with E-state index in [9.17, 15) is 14.9 Å². The van der Waals surface area contributed by atoms with Gasteiger partial charge in [0, 0.05) is 28.2 Å². The van der Waals surface area contributed by atoms with E-state index in [1.54, 1.807) is 18.2 Å². The van der Waals surface area contributed by atoms with Crippen LogP contribution in [0.2, 0.25) is 0 Å². The van der Waals surface area contributed by atoms with Gasteiger partial charge in [-0.15, -0.1) is 0 Å². The first kappa shape index (κ1) is 14.0. The molecular weight excluding hydrogens is 330 g/mol. The van der Waals surface area contributed by atoms with Crippen LogP contribution in [0.3, 0.4) is 0 Å². The van der Waals surface area contributed by atoms with Crippen molar-refractivity contribution in [2.45, 2.75) is 0 Å². The monoisotopic (exact) mass is 337 g/mol. The molecule has 7 heteroatoms. The molecule has 2 rings (SSSR count). The third kappa shape index (κ3) is 3.12. The quantitative estimate of drug-likeness (QED) is 0.521. The largest absolute Gasteiger partial charge is 0.478 e. The molecule has 6 nitrogen and oxygen atoms in total. The van der Waals surface area contributed by atoms with Crippen molar-refractivity contribution in [1.82, 2.24) is 0 Å². The average molecular weight is 338 g/mol. The zero-order chi connectivity index (χ0) is 14.7. The topological polar surface area (TPSA) is 93.6 Å². The number of nitro groups is 1. The molecule has 0 saturated heterocycles. The molecular formula is C13H8BrNO5. The number of carboxylic acid groups (broad SMARTS) is 1. The van der Waals surface area contributed by atoms with E-state index in [4.69, 9.17) is 9.52 Å². The Labute approximate surface area is 121 Å². The van der Waals surface area contributed by atoms with Crippen molar-refractivity contribution in [1.29, 1.82) is 0 Å². The number of hydrogen-bond donors (Lipinski definition) is 1. The van der Waals surface area contributed by atoms with Gasteiger partial charge in [0.15, 0.2) is 0 Å². The Bertz CT molecular complexity index is 705. The van der Waals surface area contributed by atoms with Gasteiger partial charge in [0.05, 0.1) is 4.92 Å². The summed E-state index contributed by atoms with van der Waals surface area (Å²) < 4.78 is 5.97. The Hall–Kier alpha value is -2.41. The van der Waals surface area contributed by atoms with Crippen LogP contribution in [-0.2, 0) is 4.79 Å². The number of halogens is 1. The van der Waals surface area contributed by atoms with E-state index in [0.717, 1.165) is 6.08 Å². The lowest BCUT2D eigenvalue weighted by Crippen LogP contribution is -1.88. The highest BCUT2D eigenvalue weighted by atomic mass is 79.9. The van der Waals surface area contributed by atoms with E-state index < -0.39 is 10.9 Å². The zero-order valence-corrected chi connectivity index (χ0v) is 11.5. The number of carbonyl (C=O) groups is 1. The van der Waals surface area contributed by atoms with Gasteiger partial charge in [-0.1, -0.05) is 0 Å². The summed E-state index contributed by atoms with van der Waals surface area (Å²) in [5.74, 6) is -0.205. The summed E-state index contributed by atoms with van der Waals surface area (Å²) in [6, 6.07) is 7.59. The number of benzene rings is 1. The van der Waals surface area contributed by atoms with Crippen LogP contribution in [-0.4, -0.2) is 16.0 Å². The molecule has 0 saturated carbocycles. The number of carboxylic acids is 1. The van der Waals surface area contributed by atoms with Gasteiger partial charge in [-0.25, -0.2) is 4.79 Å². The fourth-order valence-electron chi connectivity index (χ4n) is 1.56. The molecule has 0 bridgehead atoms. The molecule has 0 aliphatic carbocycles. The van der Waals surface area contributed by atoms with Gasteiger partial charge in [0.2, 0.25) is 0 Å². The summed E-state index contributed by atoms with van der Waals surface area (Å²) in [6.07, 6.45) is 2.29. The lowest BCUT2D eigenvalue weighted by Gasteiger charge is -2.00. The van der Waals surface area contributed by atoms with Gasteiger partial charge in [-0.3, -0.25) is 10.1 Å². The predicted octanol–water partition coefficient (Wildman–Crippen LogP) is 3.72. The summed E-state index contributed by atoms with van der Waals surface area (Å²) in [6.45, 7) is 0. The Morgan fingerprint density at radius 2 is 2.10 bits per heavy atom. The molecule has 102 valence electrons. The third-order valence-electron chi connectivity index (χ3n) is 2.45. The van der Waals surface area contributed by atoms with Gasteiger partial charge in [0.25, 0.3) is 5.69 Å². The number of hydrogen-bond acceptors (Lipinski definition) is 4. The summed E-state index contributed by atoms with van der Waals surface area (Å²) in [4.78, 5) is 20.6. The number of nitrogens with zero attached hydrogens (tertiary/aromatic N) is 1. The molecule has 0 aliphatic heterocycles. The fourth-order valence-corrected chi connectivity index (χ4v) is 2.12. The standard InChI is InChI=1S/C13H8BrNO5/c14-11-7-8(15(18)19)1-4-10(11)12-5-2-9(20-12)3-6-13(16)17/h1-7H,(H,16,17). The lowest BCUT2D eigenvalue weighted by molar-refractivity contribution is -0.384. The van der Waals surface area contributed by atoms with Crippen LogP contribution in [0.25, 0.3) is 17.4 Å².